The van der Waals surface area contributed by atoms with Gasteiger partial charge in [-0.2, -0.15) is 0 Å². The summed E-state index contributed by atoms with van der Waals surface area (Å²) in [5.74, 6) is 0. The summed E-state index contributed by atoms with van der Waals surface area (Å²) in [6.45, 7) is 2.83. The molecule has 1 fully saturated rings. The average Bonchev–Trinajstić information content (AvgIpc) is 2.36. The number of fused-ring (bicyclic) bond motifs is 1. The summed E-state index contributed by atoms with van der Waals surface area (Å²) >= 11 is 6.15. The molecule has 0 unspecified atom stereocenters. The van der Waals surface area contributed by atoms with Gasteiger partial charge in [0.1, 0.15) is 0 Å². The van der Waals surface area contributed by atoms with Crippen molar-refractivity contribution in [3.8, 4) is 0 Å². The molecule has 1 saturated carbocycles. The molecule has 0 radical (unpaired) electrons. The van der Waals surface area contributed by atoms with Gasteiger partial charge in [-0.25, -0.2) is 0 Å². The number of ether oxygens (including phenoxy) is 1. The lowest BCUT2D eigenvalue weighted by Gasteiger charge is -2.36. The van der Waals surface area contributed by atoms with Gasteiger partial charge in [0.05, 0.1) is 17.3 Å². The minimum absolute atomic E-state index is 0.404. The molecule has 4 heteroatoms. The predicted molar refractivity (Wildman–Crippen MR) is 78.8 cm³/mol. The number of benzene rings is 1. The van der Waals surface area contributed by atoms with E-state index in [1.165, 1.54) is 0 Å². The molecule has 0 aliphatic heterocycles. The van der Waals surface area contributed by atoms with Gasteiger partial charge in [-0.1, -0.05) is 17.7 Å². The van der Waals surface area contributed by atoms with Gasteiger partial charge in [-0.15, -0.1) is 0 Å². The number of hydrogen-bond acceptors (Lipinski definition) is 3. The van der Waals surface area contributed by atoms with E-state index in [9.17, 15) is 0 Å². The Hall–Kier alpha value is -1.32. The fourth-order valence-corrected chi connectivity index (χ4v) is 2.77. The van der Waals surface area contributed by atoms with Crippen molar-refractivity contribution in [2.24, 2.45) is 0 Å². The molecule has 0 amide bonds. The summed E-state index contributed by atoms with van der Waals surface area (Å²) in [5, 5.41) is 5.33. The number of pyridine rings is 1. The number of anilines is 1. The molecule has 0 atom stereocenters. The molecule has 3 nitrogen and oxygen atoms in total. The van der Waals surface area contributed by atoms with Crippen LogP contribution in [0.2, 0.25) is 5.02 Å². The van der Waals surface area contributed by atoms with Crippen molar-refractivity contribution in [3.63, 3.8) is 0 Å². The van der Waals surface area contributed by atoms with Crippen LogP contribution in [0.25, 0.3) is 10.9 Å². The highest BCUT2D eigenvalue weighted by atomic mass is 35.5. The van der Waals surface area contributed by atoms with Crippen LogP contribution >= 0.6 is 11.6 Å². The van der Waals surface area contributed by atoms with E-state index in [1.807, 2.05) is 37.4 Å². The zero-order chi connectivity index (χ0) is 13.2. The second kappa shape index (κ2) is 5.35. The van der Waals surface area contributed by atoms with Crippen LogP contribution in [0, 0.1) is 0 Å². The molecule has 100 valence electrons. The molecule has 2 aromatic rings. The van der Waals surface area contributed by atoms with Gasteiger partial charge < -0.3 is 10.1 Å². The van der Waals surface area contributed by atoms with Crippen LogP contribution in [0.1, 0.15) is 19.8 Å². The van der Waals surface area contributed by atoms with Gasteiger partial charge in [0.15, 0.2) is 0 Å². The summed E-state index contributed by atoms with van der Waals surface area (Å²) in [6, 6.07) is 8.31. The maximum Gasteiger partial charge on any atom is 0.0934 e. The molecule has 3 rings (SSSR count). The molecule has 0 spiro atoms. The number of nitrogens with zero attached hydrogens (tertiary/aromatic N) is 1. The summed E-state index contributed by atoms with van der Waals surface area (Å²) in [5.41, 5.74) is 2.00. The molecule has 1 aromatic heterocycles. The Bertz CT molecular complexity index is 581. The van der Waals surface area contributed by atoms with Crippen LogP contribution in [-0.2, 0) is 4.74 Å². The number of halogens is 1. The van der Waals surface area contributed by atoms with E-state index in [0.717, 1.165) is 41.1 Å². The van der Waals surface area contributed by atoms with E-state index in [0.29, 0.717) is 12.1 Å². The van der Waals surface area contributed by atoms with Gasteiger partial charge >= 0.3 is 0 Å². The predicted octanol–water partition coefficient (Wildman–Crippen LogP) is 3.87. The zero-order valence-corrected chi connectivity index (χ0v) is 11.7. The zero-order valence-electron chi connectivity index (χ0n) is 10.9. The minimum Gasteiger partial charge on any atom is -0.380 e. The van der Waals surface area contributed by atoms with Crippen LogP contribution in [0.4, 0.5) is 5.69 Å². The Morgan fingerprint density at radius 2 is 2.26 bits per heavy atom. The third kappa shape index (κ3) is 2.67. The van der Waals surface area contributed by atoms with Gasteiger partial charge in [-0.05, 0) is 38.0 Å². The Balaban J connectivity index is 1.78. The van der Waals surface area contributed by atoms with Crippen molar-refractivity contribution in [2.75, 3.05) is 11.9 Å². The summed E-state index contributed by atoms with van der Waals surface area (Å²) in [7, 11) is 0. The van der Waals surface area contributed by atoms with Gasteiger partial charge in [0.25, 0.3) is 0 Å². The summed E-state index contributed by atoms with van der Waals surface area (Å²) in [4.78, 5) is 4.44. The second-order valence-electron chi connectivity index (χ2n) is 4.92. The SMILES string of the molecule is CCOC1CC(Nc2cc(Cl)cc3cccnc23)C1. The van der Waals surface area contributed by atoms with Gasteiger partial charge in [0, 0.05) is 29.3 Å². The summed E-state index contributed by atoms with van der Waals surface area (Å²) < 4.78 is 5.58. The molecule has 1 aliphatic rings. The van der Waals surface area contributed by atoms with E-state index in [2.05, 4.69) is 10.3 Å². The maximum absolute atomic E-state index is 6.15. The molecule has 1 aromatic carbocycles. The van der Waals surface area contributed by atoms with Crippen molar-refractivity contribution in [1.82, 2.24) is 4.98 Å². The monoisotopic (exact) mass is 276 g/mol. The third-order valence-corrected chi connectivity index (χ3v) is 3.74. The first kappa shape index (κ1) is 12.7. The smallest absolute Gasteiger partial charge is 0.0934 e. The van der Waals surface area contributed by atoms with E-state index >= 15 is 0 Å². The number of rotatable bonds is 4. The lowest BCUT2D eigenvalue weighted by atomic mass is 9.89. The lowest BCUT2D eigenvalue weighted by Crippen LogP contribution is -2.40. The average molecular weight is 277 g/mol. The quantitative estimate of drug-likeness (QED) is 0.920. The van der Waals surface area contributed by atoms with Crippen LogP contribution in [0.15, 0.2) is 30.5 Å². The second-order valence-corrected chi connectivity index (χ2v) is 5.35. The summed E-state index contributed by atoms with van der Waals surface area (Å²) in [6.07, 6.45) is 4.31. The van der Waals surface area contributed by atoms with Crippen LogP contribution < -0.4 is 5.32 Å². The lowest BCUT2D eigenvalue weighted by molar-refractivity contribution is 0.00301. The van der Waals surface area contributed by atoms with Crippen molar-refractivity contribution < 1.29 is 4.74 Å². The molecule has 1 heterocycles. The Kier molecular flexibility index (Phi) is 3.58. The fraction of sp³-hybridized carbons (Fsp3) is 0.400. The van der Waals surface area contributed by atoms with Crippen molar-refractivity contribution >= 4 is 28.2 Å². The largest absolute Gasteiger partial charge is 0.380 e. The normalized spacial score (nSPS) is 22.2. The van der Waals surface area contributed by atoms with Crippen LogP contribution in [-0.4, -0.2) is 23.7 Å². The van der Waals surface area contributed by atoms with Gasteiger partial charge in [-0.3, -0.25) is 4.98 Å². The Labute approximate surface area is 117 Å². The number of nitrogens with one attached hydrogen (secondary N) is 1. The van der Waals surface area contributed by atoms with E-state index in [4.69, 9.17) is 16.3 Å². The highest BCUT2D eigenvalue weighted by Gasteiger charge is 2.29. The molecular formula is C15H17ClN2O. The molecular weight excluding hydrogens is 260 g/mol. The Morgan fingerprint density at radius 3 is 3.05 bits per heavy atom. The maximum atomic E-state index is 6.15. The molecule has 0 saturated heterocycles. The number of hydrogen-bond donors (Lipinski definition) is 1. The minimum atomic E-state index is 0.404. The highest BCUT2D eigenvalue weighted by molar-refractivity contribution is 6.31. The molecule has 0 bridgehead atoms. The molecule has 1 N–H and O–H groups in total. The number of aromatic nitrogens is 1. The first-order valence-electron chi connectivity index (χ1n) is 6.68. The van der Waals surface area contributed by atoms with E-state index < -0.39 is 0 Å². The fourth-order valence-electron chi connectivity index (χ4n) is 2.54. The third-order valence-electron chi connectivity index (χ3n) is 3.53. The Morgan fingerprint density at radius 1 is 1.42 bits per heavy atom. The van der Waals surface area contributed by atoms with Crippen LogP contribution in [0.5, 0.6) is 0 Å². The van der Waals surface area contributed by atoms with Crippen molar-refractivity contribution in [1.29, 1.82) is 0 Å². The van der Waals surface area contributed by atoms with Gasteiger partial charge in [0.2, 0.25) is 0 Å². The van der Waals surface area contributed by atoms with Crippen molar-refractivity contribution in [3.05, 3.63) is 35.5 Å². The standard InChI is InChI=1S/C15H17ClN2O/c1-2-19-13-8-12(9-13)18-14-7-11(16)6-10-4-3-5-17-15(10)14/h3-7,12-13,18H,2,8-9H2,1H3. The first-order valence-corrected chi connectivity index (χ1v) is 7.06. The van der Waals surface area contributed by atoms with E-state index in [-0.39, 0.29) is 0 Å². The van der Waals surface area contributed by atoms with E-state index in [1.54, 1.807) is 0 Å². The first-order chi connectivity index (χ1) is 9.26. The highest BCUT2D eigenvalue weighted by Crippen LogP contribution is 2.31. The van der Waals surface area contributed by atoms with Crippen LogP contribution in [0.3, 0.4) is 0 Å². The molecule has 1 aliphatic carbocycles. The molecule has 19 heavy (non-hydrogen) atoms. The topological polar surface area (TPSA) is 34.1 Å². The van der Waals surface area contributed by atoms with Crippen molar-refractivity contribution in [2.45, 2.75) is 31.9 Å².